The number of ether oxygens (including phenoxy) is 10. The van der Waals surface area contributed by atoms with Crippen molar-refractivity contribution in [2.75, 3.05) is 65.6 Å². The number of methoxy groups -OCH3 is 6. The van der Waals surface area contributed by atoms with Crippen LogP contribution in [0.2, 0.25) is 0 Å². The highest BCUT2D eigenvalue weighted by molar-refractivity contribution is 14.1. The number of hydrogen-bond donors (Lipinski definition) is 12. The summed E-state index contributed by atoms with van der Waals surface area (Å²) in [5.74, 6) is 5.64. The van der Waals surface area contributed by atoms with Crippen molar-refractivity contribution in [1.29, 1.82) is 11.1 Å². The third kappa shape index (κ3) is 56.4. The Morgan fingerprint density at radius 1 is 0.409 bits per heavy atom. The fourth-order valence-corrected chi connectivity index (χ4v) is 15.7. The standard InChI is InChI=1S/C17H22BrFINO4.C17H24BrFN2O4.C17H20BrFN2O4.C12H14BrFINO2.C12H12BrFN2O2.C9H9BrFNO2.C9H15NO2.CH4.2ClHN4.ClH/c3*1-9(21-16(23)25-17(2,3)4)6-7-10-13(18)12(19)8-11(14(10)20)15(22)24-5;1-6(16)3-4-7-10(13)9(14)5-8(11(7)15)12(17)18-2;1-6(15)3-4-7-10(13)9(14)5-8(11(7)16)12(17)18-2;1-4-7(10)6(11)3-5(8(4)12)9(13)14-2;1-6-7(2)10-8(11)12-9(3,4)5;;2*1-3-5-4-2;/h8-9H,6-7H2,1-5H3,(H,21,23);8-9H,6-7,20H2,1-5H3,(H,21,23);8-9H,20H2,1-5H3,(H,21,23);5-6H,3-4,16H2,1-2H3;5-6H,15-16H2,1-2H3;3H,12H2,1-2H3;1,7H,2-5H3,(H,10,11);1H4;2*2H;1H. The summed E-state index contributed by atoms with van der Waals surface area (Å²) in [4.78, 5) is 116. The van der Waals surface area contributed by atoms with Gasteiger partial charge in [0.05, 0.1) is 178 Å². The lowest BCUT2D eigenvalue weighted by Crippen LogP contribution is -2.37. The number of hydrogen-bond acceptors (Lipinski definition) is 30. The zero-order chi connectivity index (χ0) is 115. The van der Waals surface area contributed by atoms with Crippen LogP contribution in [0.25, 0.3) is 0 Å². The third-order valence-electron chi connectivity index (χ3n) is 17.1. The Kier molecular flexibility index (Phi) is 72.0. The molecule has 0 bridgehead atoms. The Bertz CT molecular complexity index is 5720. The summed E-state index contributed by atoms with van der Waals surface area (Å²) >= 11 is 31.8. The molecule has 4 amide bonds. The van der Waals surface area contributed by atoms with Gasteiger partial charge in [0.15, 0.2) is 0 Å². The first-order valence-corrected chi connectivity index (χ1v) is 50.0. The Morgan fingerprint density at radius 3 is 0.933 bits per heavy atom. The van der Waals surface area contributed by atoms with Gasteiger partial charge in [-0.3, -0.25) is 0 Å². The van der Waals surface area contributed by atoms with Gasteiger partial charge in [0.2, 0.25) is 0 Å². The van der Waals surface area contributed by atoms with E-state index in [2.05, 4.69) is 224 Å². The largest absolute Gasteiger partial charge is 0.465 e. The van der Waals surface area contributed by atoms with E-state index in [-0.39, 0.29) is 135 Å². The van der Waals surface area contributed by atoms with Crippen LogP contribution in [0.5, 0.6) is 0 Å². The molecule has 0 saturated heterocycles. The van der Waals surface area contributed by atoms with Gasteiger partial charge in [-0.25, -0.2) is 74.3 Å². The second-order valence-corrected chi connectivity index (χ2v) is 41.0. The van der Waals surface area contributed by atoms with Crippen LogP contribution in [-0.2, 0) is 66.6 Å². The van der Waals surface area contributed by atoms with E-state index in [1.165, 1.54) is 48.7 Å². The molecule has 0 aliphatic rings. The number of benzene rings is 6. The predicted molar refractivity (Wildman–Crippen MR) is 596 cm³/mol. The molecule has 0 aromatic heterocycles. The second kappa shape index (κ2) is 72.7. The van der Waals surface area contributed by atoms with Crippen LogP contribution in [0.4, 0.5) is 68.3 Å². The number of rotatable bonds is 21. The molecule has 6 unspecified atom stereocenters. The zero-order valence-corrected chi connectivity index (χ0v) is 101. The molecular weight excluding hydrogens is 2650 g/mol. The number of carbonyl (C=O) groups excluding carboxylic acids is 10. The van der Waals surface area contributed by atoms with Gasteiger partial charge in [0.25, 0.3) is 0 Å². The number of nitrogens with two attached hydrogens (primary N) is 6. The molecular formula is C94H123Br6Cl3F6I2N18O20. The Balaban J connectivity index is -0.000000537. The number of terminal acetylenes is 1. The highest BCUT2D eigenvalue weighted by atomic mass is 127. The lowest BCUT2D eigenvalue weighted by molar-refractivity contribution is 0.0494. The molecule has 0 fully saturated rings. The number of nitrogens with zero attached hydrogens (tertiary/aromatic N) is 6. The molecule has 0 aliphatic carbocycles. The second-order valence-electron chi connectivity index (χ2n) is 33.8. The maximum Gasteiger partial charge on any atom is 0.408 e. The molecule has 0 radical (unpaired) electrons. The molecule has 38 nitrogen and oxygen atoms in total. The van der Waals surface area contributed by atoms with Crippen LogP contribution >= 0.6 is 177 Å². The van der Waals surface area contributed by atoms with E-state index >= 15 is 0 Å². The van der Waals surface area contributed by atoms with Gasteiger partial charge < -0.3 is 103 Å². The highest BCUT2D eigenvalue weighted by Crippen LogP contribution is 2.37. The highest BCUT2D eigenvalue weighted by Gasteiger charge is 2.29. The molecule has 0 heterocycles. The van der Waals surface area contributed by atoms with Gasteiger partial charge in [-0.05, 0) is 390 Å². The van der Waals surface area contributed by atoms with E-state index in [9.17, 15) is 74.3 Å². The predicted octanol–water partition coefficient (Wildman–Crippen LogP) is 24.7. The van der Waals surface area contributed by atoms with Crippen molar-refractivity contribution in [1.82, 2.24) is 21.3 Å². The topological polar surface area (TPSA) is 589 Å². The number of nitrogen functional groups attached to an aromatic ring is 4. The minimum absolute atomic E-state index is 0. The van der Waals surface area contributed by atoms with Gasteiger partial charge >= 0.3 is 60.2 Å². The van der Waals surface area contributed by atoms with Gasteiger partial charge in [0, 0.05) is 25.3 Å². The van der Waals surface area contributed by atoms with Crippen LogP contribution in [0.3, 0.4) is 0 Å². The minimum atomic E-state index is -0.771. The monoisotopic (exact) mass is 2770 g/mol. The number of esters is 6. The molecule has 55 heteroatoms. The number of halogens is 17. The molecule has 149 heavy (non-hydrogen) atoms. The van der Waals surface area contributed by atoms with Crippen LogP contribution in [-0.4, -0.2) is 162 Å². The maximum absolute atomic E-state index is 14.1. The van der Waals surface area contributed by atoms with Crippen molar-refractivity contribution in [2.24, 2.45) is 41.6 Å². The molecule has 0 spiro atoms. The third-order valence-corrected chi connectivity index (χ3v) is 24.7. The van der Waals surface area contributed by atoms with E-state index in [1.807, 2.05) is 59.0 Å². The van der Waals surface area contributed by atoms with E-state index in [0.717, 1.165) is 42.3 Å². The minimum Gasteiger partial charge on any atom is -0.465 e. The Hall–Kier alpha value is -9.79. The summed E-state index contributed by atoms with van der Waals surface area (Å²) in [5.41, 5.74) is 47.3. The number of alkyl carbamates (subject to hydrolysis) is 4. The number of anilines is 4. The first-order valence-electron chi connectivity index (χ1n) is 42.4. The van der Waals surface area contributed by atoms with Crippen molar-refractivity contribution < 1.29 is 122 Å². The van der Waals surface area contributed by atoms with Gasteiger partial charge in [0.1, 0.15) is 57.3 Å². The first kappa shape index (κ1) is 148. The molecule has 0 aliphatic heterocycles. The maximum atomic E-state index is 14.1. The fourth-order valence-electron chi connectivity index (χ4n) is 10.3. The summed E-state index contributed by atoms with van der Waals surface area (Å²) < 4.78 is 138. The Morgan fingerprint density at radius 2 is 0.658 bits per heavy atom. The first-order chi connectivity index (χ1) is 67.8. The summed E-state index contributed by atoms with van der Waals surface area (Å²) in [5, 5.41) is 20.6. The molecule has 6 aromatic carbocycles. The summed E-state index contributed by atoms with van der Waals surface area (Å²) in [6.45, 7) is 33.5. The quantitative estimate of drug-likeness (QED) is 0.00366. The van der Waals surface area contributed by atoms with Crippen LogP contribution in [0.1, 0.15) is 247 Å². The lowest BCUT2D eigenvalue weighted by Gasteiger charge is -2.22. The molecule has 0 saturated carbocycles. The average Bonchev–Trinajstić information content (AvgIpc) is 0.829. The SMILES string of the molecule is C.C#CC(C)NC(=O)OC(C)(C)C.COC(=O)c1cc(F)c(Br)c(C#CC(C)N)c1N.COC(=O)c1cc(F)c(Br)c(C#CC(C)NC(=O)OC(C)(C)C)c1N.COC(=O)c1cc(F)c(Br)c(C)c1N.COC(=O)c1cc(F)c(Br)c(CCC(C)N)c1I.COC(=O)c1cc(F)c(Br)c(CCC(C)NC(=O)OC(C)(C)C)c1I.COC(=O)c1cc(F)c(Br)c(CCC(C)NC(=O)OC(C)(C)C)c1N.Cl.N=NN=NCl.N=NN=NCl. The molecule has 828 valence electrons. The smallest absolute Gasteiger partial charge is 0.408 e. The number of amides is 4. The zero-order valence-electron chi connectivity index (χ0n) is 85.0. The van der Waals surface area contributed by atoms with E-state index < -0.39 is 124 Å². The van der Waals surface area contributed by atoms with Crippen molar-refractivity contribution >= 4 is 260 Å². The Labute approximate surface area is 956 Å². The molecule has 6 rings (SSSR count). The van der Waals surface area contributed by atoms with Crippen molar-refractivity contribution in [3.63, 3.8) is 0 Å². The van der Waals surface area contributed by atoms with E-state index in [4.69, 9.17) is 75.6 Å². The van der Waals surface area contributed by atoms with Gasteiger partial charge in [-0.15, -0.1) is 18.8 Å². The van der Waals surface area contributed by atoms with Crippen molar-refractivity contribution in [3.05, 3.63) is 172 Å². The molecule has 18 N–H and O–H groups in total. The summed E-state index contributed by atoms with van der Waals surface area (Å²) in [6.07, 6.45) is 6.12. The van der Waals surface area contributed by atoms with E-state index in [1.54, 1.807) is 118 Å². The summed E-state index contributed by atoms with van der Waals surface area (Å²) in [6, 6.07) is 4.76. The van der Waals surface area contributed by atoms with E-state index in [0.29, 0.717) is 64.9 Å². The summed E-state index contributed by atoms with van der Waals surface area (Å²) in [7, 11) is 7.31. The van der Waals surface area contributed by atoms with Gasteiger partial charge in [-0.1, -0.05) is 46.3 Å². The van der Waals surface area contributed by atoms with Crippen LogP contribution < -0.4 is 55.7 Å². The lowest BCUT2D eigenvalue weighted by atomic mass is 10.0. The van der Waals surface area contributed by atoms with Crippen molar-refractivity contribution in [2.45, 2.75) is 236 Å². The average molecular weight is 2780 g/mol. The molecule has 6 aromatic rings. The number of nitrogens with one attached hydrogen (secondary N) is 6. The van der Waals surface area contributed by atoms with Crippen molar-refractivity contribution in [3.8, 4) is 36.0 Å². The number of carbonyl (C=O) groups is 10. The van der Waals surface area contributed by atoms with Crippen LogP contribution in [0, 0.1) is 96.1 Å². The van der Waals surface area contributed by atoms with Crippen LogP contribution in [0.15, 0.2) is 93.4 Å². The fraction of sp³-hybridized carbons (Fsp3) is 0.447. The normalized spacial score (nSPS) is 11.6. The van der Waals surface area contributed by atoms with Gasteiger partial charge in [-0.2, -0.15) is 11.1 Å². The molecule has 6 atom stereocenters.